The second kappa shape index (κ2) is 7.42. The van der Waals surface area contributed by atoms with Crippen molar-refractivity contribution in [1.82, 2.24) is 0 Å². The monoisotopic (exact) mass is 394 g/mol. The van der Waals surface area contributed by atoms with E-state index >= 15 is 0 Å². The van der Waals surface area contributed by atoms with E-state index in [0.717, 1.165) is 21.8 Å². The maximum absolute atomic E-state index is 3.49. The Morgan fingerprint density at radius 2 is 0.950 bits per heavy atom. The molecule has 0 aliphatic carbocycles. The highest BCUT2D eigenvalue weighted by molar-refractivity contribution is 9.10. The van der Waals surface area contributed by atoms with Crippen molar-refractivity contribution >= 4 is 31.9 Å². The van der Waals surface area contributed by atoms with Gasteiger partial charge in [0, 0.05) is 8.95 Å². The first-order valence-corrected chi connectivity index (χ1v) is 8.62. The molecule has 0 heterocycles. The van der Waals surface area contributed by atoms with E-state index in [4.69, 9.17) is 0 Å². The third kappa shape index (κ3) is 4.75. The minimum Gasteiger partial charge on any atom is -0.0619 e. The number of rotatable bonds is 5. The SMILES string of the molecule is CC(Cc1ccc(Br)cc1)C(C)Cc1ccc(Br)cc1. The van der Waals surface area contributed by atoms with Gasteiger partial charge in [-0.05, 0) is 60.1 Å². The Morgan fingerprint density at radius 1 is 0.650 bits per heavy atom. The summed E-state index contributed by atoms with van der Waals surface area (Å²) in [5.41, 5.74) is 2.84. The van der Waals surface area contributed by atoms with Crippen LogP contribution in [-0.2, 0) is 12.8 Å². The maximum Gasteiger partial charge on any atom is 0.0175 e. The summed E-state index contributed by atoms with van der Waals surface area (Å²) in [6.07, 6.45) is 2.29. The Kier molecular flexibility index (Phi) is 5.86. The zero-order valence-electron chi connectivity index (χ0n) is 11.9. The van der Waals surface area contributed by atoms with Crippen LogP contribution in [0.1, 0.15) is 25.0 Å². The highest BCUT2D eigenvalue weighted by atomic mass is 79.9. The molecule has 0 nitrogen and oxygen atoms in total. The molecule has 0 fully saturated rings. The Morgan fingerprint density at radius 3 is 1.25 bits per heavy atom. The Labute approximate surface area is 138 Å². The molecular formula is C18H20Br2. The molecule has 0 saturated carbocycles. The lowest BCUT2D eigenvalue weighted by Gasteiger charge is -2.20. The number of benzene rings is 2. The highest BCUT2D eigenvalue weighted by Crippen LogP contribution is 2.23. The molecular weight excluding hydrogens is 376 g/mol. The van der Waals surface area contributed by atoms with Gasteiger partial charge in [0.25, 0.3) is 0 Å². The number of halogens is 2. The van der Waals surface area contributed by atoms with Gasteiger partial charge in [-0.15, -0.1) is 0 Å². The van der Waals surface area contributed by atoms with Crippen molar-refractivity contribution in [3.05, 3.63) is 68.6 Å². The van der Waals surface area contributed by atoms with E-state index in [1.54, 1.807) is 0 Å². The molecule has 0 bridgehead atoms. The fourth-order valence-electron chi connectivity index (χ4n) is 2.39. The zero-order valence-corrected chi connectivity index (χ0v) is 15.1. The predicted octanol–water partition coefficient (Wildman–Crippen LogP) is 6.27. The molecule has 0 aliphatic heterocycles. The standard InChI is InChI=1S/C18H20Br2/c1-13(11-15-3-7-17(19)8-4-15)14(2)12-16-5-9-18(20)10-6-16/h3-10,13-14H,11-12H2,1-2H3. The number of hydrogen-bond acceptors (Lipinski definition) is 0. The van der Waals surface area contributed by atoms with Gasteiger partial charge in [-0.2, -0.15) is 0 Å². The van der Waals surface area contributed by atoms with Crippen LogP contribution in [-0.4, -0.2) is 0 Å². The lowest BCUT2D eigenvalue weighted by Crippen LogP contribution is -2.13. The lowest BCUT2D eigenvalue weighted by molar-refractivity contribution is 0.383. The predicted molar refractivity (Wildman–Crippen MR) is 94.0 cm³/mol. The molecule has 0 saturated heterocycles. The molecule has 0 aliphatic rings. The molecule has 20 heavy (non-hydrogen) atoms. The normalized spacial score (nSPS) is 14.0. The molecule has 2 unspecified atom stereocenters. The number of hydrogen-bond donors (Lipinski definition) is 0. The van der Waals surface area contributed by atoms with Gasteiger partial charge < -0.3 is 0 Å². The van der Waals surface area contributed by atoms with Crippen LogP contribution in [0.4, 0.5) is 0 Å². The van der Waals surface area contributed by atoms with Gasteiger partial charge in [-0.25, -0.2) is 0 Å². The quantitative estimate of drug-likeness (QED) is 0.559. The van der Waals surface area contributed by atoms with E-state index in [1.807, 2.05) is 0 Å². The minimum atomic E-state index is 0.680. The van der Waals surface area contributed by atoms with Crippen LogP contribution in [0, 0.1) is 11.8 Å². The van der Waals surface area contributed by atoms with Crippen molar-refractivity contribution in [3.63, 3.8) is 0 Å². The summed E-state index contributed by atoms with van der Waals surface area (Å²) < 4.78 is 2.30. The summed E-state index contributed by atoms with van der Waals surface area (Å²) in [5.74, 6) is 1.36. The molecule has 0 aromatic heterocycles. The summed E-state index contributed by atoms with van der Waals surface area (Å²) in [5, 5.41) is 0. The molecule has 106 valence electrons. The van der Waals surface area contributed by atoms with Gasteiger partial charge in [0.05, 0.1) is 0 Å². The Balaban J connectivity index is 1.93. The molecule has 2 aromatic carbocycles. The summed E-state index contributed by atoms with van der Waals surface area (Å²) in [6.45, 7) is 4.71. The first-order chi connectivity index (χ1) is 9.54. The lowest BCUT2D eigenvalue weighted by atomic mass is 9.85. The molecule has 2 heteroatoms. The average molecular weight is 396 g/mol. The summed E-state index contributed by atoms with van der Waals surface area (Å²) in [4.78, 5) is 0. The molecule has 2 aromatic rings. The molecule has 2 atom stereocenters. The van der Waals surface area contributed by atoms with Crippen LogP contribution in [0.25, 0.3) is 0 Å². The topological polar surface area (TPSA) is 0 Å². The molecule has 0 spiro atoms. The molecule has 0 amide bonds. The Bertz CT molecular complexity index is 477. The van der Waals surface area contributed by atoms with Gasteiger partial charge in [0.1, 0.15) is 0 Å². The van der Waals surface area contributed by atoms with E-state index in [-0.39, 0.29) is 0 Å². The first-order valence-electron chi connectivity index (χ1n) is 7.03. The van der Waals surface area contributed by atoms with Crippen molar-refractivity contribution in [2.75, 3.05) is 0 Å². The van der Waals surface area contributed by atoms with Crippen molar-refractivity contribution in [2.45, 2.75) is 26.7 Å². The Hall–Kier alpha value is -0.600. The highest BCUT2D eigenvalue weighted by Gasteiger charge is 2.13. The molecule has 2 rings (SSSR count). The van der Waals surface area contributed by atoms with Crippen LogP contribution >= 0.6 is 31.9 Å². The summed E-state index contributed by atoms with van der Waals surface area (Å²) in [7, 11) is 0. The molecule has 0 N–H and O–H groups in total. The van der Waals surface area contributed by atoms with Crippen LogP contribution in [0.5, 0.6) is 0 Å². The second-order valence-electron chi connectivity index (χ2n) is 5.62. The third-order valence-corrected chi connectivity index (χ3v) is 4.97. The average Bonchev–Trinajstić information content (AvgIpc) is 2.44. The van der Waals surface area contributed by atoms with E-state index < -0.39 is 0 Å². The zero-order chi connectivity index (χ0) is 14.5. The second-order valence-corrected chi connectivity index (χ2v) is 7.45. The van der Waals surface area contributed by atoms with Gasteiger partial charge >= 0.3 is 0 Å². The van der Waals surface area contributed by atoms with Crippen LogP contribution in [0.3, 0.4) is 0 Å². The van der Waals surface area contributed by atoms with Crippen molar-refractivity contribution in [2.24, 2.45) is 11.8 Å². The summed E-state index contributed by atoms with van der Waals surface area (Å²) >= 11 is 6.97. The van der Waals surface area contributed by atoms with Crippen molar-refractivity contribution in [3.8, 4) is 0 Å². The van der Waals surface area contributed by atoms with Crippen molar-refractivity contribution in [1.29, 1.82) is 0 Å². The smallest absolute Gasteiger partial charge is 0.0175 e. The van der Waals surface area contributed by atoms with Crippen molar-refractivity contribution < 1.29 is 0 Å². The van der Waals surface area contributed by atoms with E-state index in [9.17, 15) is 0 Å². The first kappa shape index (κ1) is 15.8. The van der Waals surface area contributed by atoms with E-state index in [1.165, 1.54) is 11.1 Å². The minimum absolute atomic E-state index is 0.680. The fraction of sp³-hybridized carbons (Fsp3) is 0.333. The fourth-order valence-corrected chi connectivity index (χ4v) is 2.92. The molecule has 0 radical (unpaired) electrons. The van der Waals surface area contributed by atoms with Gasteiger partial charge in [0.15, 0.2) is 0 Å². The largest absolute Gasteiger partial charge is 0.0619 e. The van der Waals surface area contributed by atoms with Crippen LogP contribution < -0.4 is 0 Å². The van der Waals surface area contributed by atoms with Gasteiger partial charge in [-0.1, -0.05) is 70.0 Å². The third-order valence-electron chi connectivity index (χ3n) is 3.91. The summed E-state index contributed by atoms with van der Waals surface area (Å²) in [6, 6.07) is 17.4. The van der Waals surface area contributed by atoms with Crippen LogP contribution in [0.15, 0.2) is 57.5 Å². The van der Waals surface area contributed by atoms with E-state index in [2.05, 4.69) is 94.2 Å². The maximum atomic E-state index is 3.49. The van der Waals surface area contributed by atoms with Gasteiger partial charge in [0.2, 0.25) is 0 Å². The van der Waals surface area contributed by atoms with Crippen LogP contribution in [0.2, 0.25) is 0 Å². The van der Waals surface area contributed by atoms with Gasteiger partial charge in [-0.3, -0.25) is 0 Å². The van der Waals surface area contributed by atoms with E-state index in [0.29, 0.717) is 11.8 Å².